The second-order valence-electron chi connectivity index (χ2n) is 5.22. The van der Waals surface area contributed by atoms with Crippen LogP contribution in [0.3, 0.4) is 0 Å². The minimum absolute atomic E-state index is 0.115. The molecule has 0 fully saturated rings. The number of ether oxygens (including phenoxy) is 1. The zero-order valence-electron chi connectivity index (χ0n) is 13.6. The number of hydrogen-bond donors (Lipinski definition) is 1. The molecule has 24 heavy (non-hydrogen) atoms. The molecule has 0 atom stereocenters. The van der Waals surface area contributed by atoms with E-state index in [4.69, 9.17) is 4.74 Å². The second-order valence-corrected chi connectivity index (χ2v) is 6.30. The number of carbonyl (C=O) groups is 2. The van der Waals surface area contributed by atoms with Gasteiger partial charge >= 0.3 is 0 Å². The molecule has 0 unspecified atom stereocenters. The van der Waals surface area contributed by atoms with Gasteiger partial charge in [-0.15, -0.1) is 11.3 Å². The Bertz CT molecular complexity index is 796. The van der Waals surface area contributed by atoms with Crippen molar-refractivity contribution in [2.45, 2.75) is 20.8 Å². The lowest BCUT2D eigenvalue weighted by Crippen LogP contribution is -2.25. The largest absolute Gasteiger partial charge is 0.544 e. The summed E-state index contributed by atoms with van der Waals surface area (Å²) >= 11 is 1.04. The maximum Gasteiger partial charge on any atom is 0.277 e. The molecule has 2 aromatic rings. The number of rotatable bonds is 6. The highest BCUT2D eigenvalue weighted by atomic mass is 32.1. The van der Waals surface area contributed by atoms with Gasteiger partial charge in [0.2, 0.25) is 0 Å². The molecule has 0 aliphatic carbocycles. The van der Waals surface area contributed by atoms with Crippen LogP contribution >= 0.6 is 11.3 Å². The van der Waals surface area contributed by atoms with Crippen molar-refractivity contribution in [3.05, 3.63) is 51.2 Å². The van der Waals surface area contributed by atoms with Gasteiger partial charge in [-0.25, -0.2) is 5.43 Å². The van der Waals surface area contributed by atoms with Crippen LogP contribution in [-0.2, 0) is 4.79 Å². The Morgan fingerprint density at radius 3 is 2.50 bits per heavy atom. The Balaban J connectivity index is 1.89. The minimum Gasteiger partial charge on any atom is -0.544 e. The summed E-state index contributed by atoms with van der Waals surface area (Å²) in [7, 11) is 0. The smallest absolute Gasteiger partial charge is 0.277 e. The summed E-state index contributed by atoms with van der Waals surface area (Å²) in [5.41, 5.74) is 5.13. The number of amides is 1. The van der Waals surface area contributed by atoms with Crippen LogP contribution < -0.4 is 15.3 Å². The van der Waals surface area contributed by atoms with Crippen LogP contribution in [0.1, 0.15) is 32.6 Å². The Kier molecular flexibility index (Phi) is 5.70. The zero-order valence-corrected chi connectivity index (χ0v) is 14.4. The third-order valence-corrected chi connectivity index (χ3v) is 4.53. The highest BCUT2D eigenvalue weighted by Crippen LogP contribution is 2.17. The van der Waals surface area contributed by atoms with Crippen LogP contribution in [0.25, 0.3) is 0 Å². The standard InChI is InChI=1S/C17H18N2O4S/c1-10-4-5-13(8-11(10)2)23-9-16(20)19-18-12(3)14-6-7-15(24-14)17(21)22/h4-8H,9H2,1-3H3,(H,19,20)(H,21,22)/p-1/b18-12-. The van der Waals surface area contributed by atoms with Crippen molar-refractivity contribution in [3.8, 4) is 5.75 Å². The van der Waals surface area contributed by atoms with E-state index in [1.807, 2.05) is 26.0 Å². The molecule has 1 aromatic heterocycles. The molecule has 1 heterocycles. The van der Waals surface area contributed by atoms with Crippen molar-refractivity contribution in [1.29, 1.82) is 0 Å². The Hall–Kier alpha value is -2.67. The quantitative estimate of drug-likeness (QED) is 0.636. The highest BCUT2D eigenvalue weighted by molar-refractivity contribution is 7.15. The molecule has 0 bridgehead atoms. The number of hydrogen-bond acceptors (Lipinski definition) is 6. The fourth-order valence-electron chi connectivity index (χ4n) is 1.83. The number of nitrogens with one attached hydrogen (secondary N) is 1. The van der Waals surface area contributed by atoms with Gasteiger partial charge in [-0.1, -0.05) is 6.07 Å². The topological polar surface area (TPSA) is 90.8 Å². The summed E-state index contributed by atoms with van der Waals surface area (Å²) < 4.78 is 5.41. The second kappa shape index (κ2) is 7.74. The van der Waals surface area contributed by atoms with Crippen LogP contribution in [-0.4, -0.2) is 24.2 Å². The van der Waals surface area contributed by atoms with Gasteiger partial charge in [0.25, 0.3) is 5.91 Å². The molecule has 0 radical (unpaired) electrons. The van der Waals surface area contributed by atoms with Gasteiger partial charge in [-0.3, -0.25) is 4.79 Å². The number of thiophene rings is 1. The average Bonchev–Trinajstić information content (AvgIpc) is 3.04. The summed E-state index contributed by atoms with van der Waals surface area (Å²) in [5.74, 6) is -1.01. The van der Waals surface area contributed by atoms with Crippen LogP contribution in [0.5, 0.6) is 5.75 Å². The summed E-state index contributed by atoms with van der Waals surface area (Å²) in [5, 5.41) is 14.7. The van der Waals surface area contributed by atoms with Crippen molar-refractivity contribution in [1.82, 2.24) is 5.43 Å². The van der Waals surface area contributed by atoms with Gasteiger partial charge in [0, 0.05) is 0 Å². The molecule has 1 aromatic carbocycles. The van der Waals surface area contributed by atoms with Crippen molar-refractivity contribution < 1.29 is 19.4 Å². The van der Waals surface area contributed by atoms with Crippen LogP contribution in [0.4, 0.5) is 0 Å². The molecule has 7 heteroatoms. The normalized spacial score (nSPS) is 11.2. The monoisotopic (exact) mass is 345 g/mol. The number of aryl methyl sites for hydroxylation is 2. The number of carbonyl (C=O) groups excluding carboxylic acids is 2. The van der Waals surface area contributed by atoms with Gasteiger partial charge in [0.1, 0.15) is 5.75 Å². The fourth-order valence-corrected chi connectivity index (χ4v) is 2.61. The summed E-state index contributed by atoms with van der Waals surface area (Å²) in [6.45, 7) is 5.49. The van der Waals surface area contributed by atoms with Crippen molar-refractivity contribution in [3.63, 3.8) is 0 Å². The lowest BCUT2D eigenvalue weighted by molar-refractivity contribution is -0.254. The molecule has 126 valence electrons. The summed E-state index contributed by atoms with van der Waals surface area (Å²) in [4.78, 5) is 23.3. The van der Waals surface area contributed by atoms with E-state index >= 15 is 0 Å². The van der Waals surface area contributed by atoms with Crippen molar-refractivity contribution >= 4 is 28.9 Å². The maximum absolute atomic E-state index is 11.8. The van der Waals surface area contributed by atoms with Crippen molar-refractivity contribution in [2.24, 2.45) is 5.10 Å². The highest BCUT2D eigenvalue weighted by Gasteiger charge is 2.06. The Morgan fingerprint density at radius 2 is 1.88 bits per heavy atom. The molecular formula is C17H17N2O4S-. The first-order chi connectivity index (χ1) is 11.4. The van der Waals surface area contributed by atoms with Crippen molar-refractivity contribution in [2.75, 3.05) is 6.61 Å². The number of aromatic carboxylic acids is 1. The Labute approximate surface area is 143 Å². The van der Waals surface area contributed by atoms with Crippen LogP contribution in [0.15, 0.2) is 35.4 Å². The number of benzene rings is 1. The molecule has 2 rings (SSSR count). The van der Waals surface area contributed by atoms with E-state index in [1.54, 1.807) is 19.1 Å². The average molecular weight is 345 g/mol. The Morgan fingerprint density at radius 1 is 1.17 bits per heavy atom. The number of carboxylic acid groups (broad SMARTS) is 1. The molecule has 1 amide bonds. The molecule has 0 saturated carbocycles. The first-order valence-electron chi connectivity index (χ1n) is 7.21. The third-order valence-electron chi connectivity index (χ3n) is 3.36. The SMILES string of the molecule is C/C(=N/NC(=O)COc1ccc(C)c(C)c1)c1ccc(C(=O)[O-])s1. The lowest BCUT2D eigenvalue weighted by atomic mass is 10.1. The first kappa shape index (κ1) is 17.7. The minimum atomic E-state index is -1.23. The summed E-state index contributed by atoms with van der Waals surface area (Å²) in [6, 6.07) is 8.66. The molecule has 0 aliphatic rings. The molecule has 1 N–H and O–H groups in total. The number of hydrazone groups is 1. The van der Waals surface area contributed by atoms with E-state index in [9.17, 15) is 14.7 Å². The van der Waals surface area contributed by atoms with Gasteiger partial charge in [-0.2, -0.15) is 5.10 Å². The van der Waals surface area contributed by atoms with Gasteiger partial charge < -0.3 is 14.6 Å². The molecule has 0 spiro atoms. The third kappa shape index (κ3) is 4.66. The number of carboxylic acids is 1. The van der Waals surface area contributed by atoms with Gasteiger partial charge in [0.05, 0.1) is 21.4 Å². The first-order valence-corrected chi connectivity index (χ1v) is 8.03. The van der Waals surface area contributed by atoms with E-state index in [1.165, 1.54) is 6.07 Å². The van der Waals surface area contributed by atoms with Crippen LogP contribution in [0, 0.1) is 13.8 Å². The van der Waals surface area contributed by atoms with E-state index in [2.05, 4.69) is 10.5 Å². The lowest BCUT2D eigenvalue weighted by Gasteiger charge is -2.07. The maximum atomic E-state index is 11.8. The van der Waals surface area contributed by atoms with Gasteiger partial charge in [-0.05, 0) is 56.2 Å². The molecule has 6 nitrogen and oxygen atoms in total. The predicted molar refractivity (Wildman–Crippen MR) is 90.4 cm³/mol. The molecule has 0 saturated heterocycles. The van der Waals surface area contributed by atoms with E-state index in [-0.39, 0.29) is 11.5 Å². The van der Waals surface area contributed by atoms with E-state index in [0.29, 0.717) is 16.3 Å². The van der Waals surface area contributed by atoms with E-state index < -0.39 is 11.9 Å². The molecule has 0 aliphatic heterocycles. The van der Waals surface area contributed by atoms with Crippen LogP contribution in [0.2, 0.25) is 0 Å². The van der Waals surface area contributed by atoms with Gasteiger partial charge in [0.15, 0.2) is 6.61 Å². The fraction of sp³-hybridized carbons (Fsp3) is 0.235. The van der Waals surface area contributed by atoms with E-state index in [0.717, 1.165) is 22.5 Å². The zero-order chi connectivity index (χ0) is 17.7. The molecular weight excluding hydrogens is 328 g/mol. The predicted octanol–water partition coefficient (Wildman–Crippen LogP) is 1.65. The number of nitrogens with zero attached hydrogens (tertiary/aromatic N) is 1. The summed E-state index contributed by atoms with van der Waals surface area (Å²) in [6.07, 6.45) is 0.